The van der Waals surface area contributed by atoms with E-state index in [1.807, 2.05) is 61.5 Å². The minimum absolute atomic E-state index is 0.588. The first-order valence-corrected chi connectivity index (χ1v) is 6.70. The third-order valence-electron chi connectivity index (χ3n) is 3.13. The predicted octanol–water partition coefficient (Wildman–Crippen LogP) is 4.08. The normalized spacial score (nSPS) is 10.7. The van der Waals surface area contributed by atoms with E-state index in [2.05, 4.69) is 5.10 Å². The number of aryl methyl sites for hydroxylation is 1. The Bertz CT molecular complexity index is 762. The summed E-state index contributed by atoms with van der Waals surface area (Å²) in [6, 6.07) is 17.5. The van der Waals surface area contributed by atoms with Crippen molar-refractivity contribution in [1.82, 2.24) is 9.78 Å². The zero-order valence-corrected chi connectivity index (χ0v) is 11.8. The Morgan fingerprint density at radius 3 is 2.60 bits per heavy atom. The molecule has 0 aliphatic rings. The summed E-state index contributed by atoms with van der Waals surface area (Å²) in [6.07, 6.45) is 0. The number of aromatic nitrogens is 2. The van der Waals surface area contributed by atoms with Crippen LogP contribution in [0.3, 0.4) is 0 Å². The minimum Gasteiger partial charge on any atom is -0.384 e. The monoisotopic (exact) mass is 283 g/mol. The molecular weight excluding hydrogens is 270 g/mol. The molecule has 0 saturated carbocycles. The van der Waals surface area contributed by atoms with Crippen LogP contribution in [0.1, 0.15) is 5.56 Å². The van der Waals surface area contributed by atoms with E-state index in [1.54, 1.807) is 4.68 Å². The van der Waals surface area contributed by atoms with Gasteiger partial charge in [0.15, 0.2) is 0 Å². The van der Waals surface area contributed by atoms with E-state index in [1.165, 1.54) is 0 Å². The summed E-state index contributed by atoms with van der Waals surface area (Å²) in [7, 11) is 0. The lowest BCUT2D eigenvalue weighted by Gasteiger charge is -2.04. The van der Waals surface area contributed by atoms with Gasteiger partial charge >= 0.3 is 0 Å². The molecule has 0 spiro atoms. The summed E-state index contributed by atoms with van der Waals surface area (Å²) in [5.41, 5.74) is 9.83. The van der Waals surface area contributed by atoms with Gasteiger partial charge < -0.3 is 5.73 Å². The second kappa shape index (κ2) is 5.02. The van der Waals surface area contributed by atoms with Gasteiger partial charge in [-0.1, -0.05) is 41.9 Å². The first kappa shape index (κ1) is 12.8. The van der Waals surface area contributed by atoms with Gasteiger partial charge in [-0.2, -0.15) is 5.10 Å². The van der Waals surface area contributed by atoms with Crippen LogP contribution in [0.5, 0.6) is 0 Å². The summed E-state index contributed by atoms with van der Waals surface area (Å²) >= 11 is 6.20. The van der Waals surface area contributed by atoms with Crippen molar-refractivity contribution in [1.29, 1.82) is 0 Å². The quantitative estimate of drug-likeness (QED) is 0.770. The van der Waals surface area contributed by atoms with Crippen LogP contribution in [0, 0.1) is 6.92 Å². The highest BCUT2D eigenvalue weighted by atomic mass is 35.5. The van der Waals surface area contributed by atoms with Crippen molar-refractivity contribution in [3.05, 3.63) is 65.2 Å². The maximum Gasteiger partial charge on any atom is 0.127 e. The number of rotatable bonds is 2. The Hall–Kier alpha value is -2.26. The number of anilines is 1. The van der Waals surface area contributed by atoms with E-state index < -0.39 is 0 Å². The molecule has 0 saturated heterocycles. The molecule has 0 aliphatic carbocycles. The number of benzene rings is 2. The van der Waals surface area contributed by atoms with Gasteiger partial charge in [-0.15, -0.1) is 0 Å². The average Bonchev–Trinajstić information content (AvgIpc) is 2.81. The van der Waals surface area contributed by atoms with Crippen molar-refractivity contribution in [2.45, 2.75) is 6.92 Å². The third-order valence-corrected chi connectivity index (χ3v) is 3.46. The first-order chi connectivity index (χ1) is 9.65. The summed E-state index contributed by atoms with van der Waals surface area (Å²) in [6.45, 7) is 2.04. The van der Waals surface area contributed by atoms with Crippen LogP contribution in [-0.2, 0) is 0 Å². The van der Waals surface area contributed by atoms with E-state index in [9.17, 15) is 0 Å². The number of nitrogens with zero attached hydrogens (tertiary/aromatic N) is 2. The van der Waals surface area contributed by atoms with E-state index in [0.717, 1.165) is 22.5 Å². The summed E-state index contributed by atoms with van der Waals surface area (Å²) in [5, 5.41) is 5.23. The summed E-state index contributed by atoms with van der Waals surface area (Å²) < 4.78 is 1.73. The fourth-order valence-corrected chi connectivity index (χ4v) is 2.40. The number of nitrogen functional groups attached to an aromatic ring is 1. The predicted molar refractivity (Wildman–Crippen MR) is 83.2 cm³/mol. The molecule has 0 fully saturated rings. The number of halogens is 1. The maximum atomic E-state index is 6.20. The van der Waals surface area contributed by atoms with E-state index in [4.69, 9.17) is 17.3 Å². The summed E-state index contributed by atoms with van der Waals surface area (Å²) in [4.78, 5) is 0. The molecular formula is C16H14ClN3. The lowest BCUT2D eigenvalue weighted by atomic mass is 10.1. The summed E-state index contributed by atoms with van der Waals surface area (Å²) in [5.74, 6) is 0.588. The van der Waals surface area contributed by atoms with Crippen molar-refractivity contribution < 1.29 is 0 Å². The van der Waals surface area contributed by atoms with Crippen LogP contribution in [0.4, 0.5) is 5.82 Å². The molecule has 3 nitrogen and oxygen atoms in total. The molecule has 20 heavy (non-hydrogen) atoms. The fourth-order valence-electron chi connectivity index (χ4n) is 2.16. The zero-order valence-electron chi connectivity index (χ0n) is 11.0. The maximum absolute atomic E-state index is 6.20. The van der Waals surface area contributed by atoms with Gasteiger partial charge in [0.2, 0.25) is 0 Å². The highest BCUT2D eigenvalue weighted by Gasteiger charge is 2.11. The third kappa shape index (κ3) is 2.28. The molecule has 4 heteroatoms. The Balaban J connectivity index is 2.10. The van der Waals surface area contributed by atoms with Crippen LogP contribution in [0.15, 0.2) is 54.6 Å². The molecule has 0 radical (unpaired) electrons. The lowest BCUT2D eigenvalue weighted by molar-refractivity contribution is 0.894. The SMILES string of the molecule is Cc1cccc(-n2nc(-c3ccccc3Cl)cc2N)c1. The molecule has 2 N–H and O–H groups in total. The van der Waals surface area contributed by atoms with Crippen molar-refractivity contribution in [2.24, 2.45) is 0 Å². The average molecular weight is 284 g/mol. The van der Waals surface area contributed by atoms with Crippen molar-refractivity contribution in [3.63, 3.8) is 0 Å². The Morgan fingerprint density at radius 1 is 1.05 bits per heavy atom. The minimum atomic E-state index is 0.588. The van der Waals surface area contributed by atoms with Gasteiger partial charge in [0.25, 0.3) is 0 Å². The molecule has 0 unspecified atom stereocenters. The largest absolute Gasteiger partial charge is 0.384 e. The van der Waals surface area contributed by atoms with Gasteiger partial charge in [0, 0.05) is 11.6 Å². The molecule has 1 aromatic heterocycles. The smallest absolute Gasteiger partial charge is 0.127 e. The highest BCUT2D eigenvalue weighted by Crippen LogP contribution is 2.28. The first-order valence-electron chi connectivity index (χ1n) is 6.32. The van der Waals surface area contributed by atoms with Crippen molar-refractivity contribution in [2.75, 3.05) is 5.73 Å². The van der Waals surface area contributed by atoms with Crippen LogP contribution in [0.2, 0.25) is 5.02 Å². The van der Waals surface area contributed by atoms with Gasteiger partial charge in [-0.05, 0) is 30.7 Å². The second-order valence-corrected chi connectivity index (χ2v) is 5.09. The topological polar surface area (TPSA) is 43.8 Å². The van der Waals surface area contributed by atoms with E-state index >= 15 is 0 Å². The molecule has 0 aliphatic heterocycles. The van der Waals surface area contributed by atoms with Gasteiger partial charge in [-0.3, -0.25) is 0 Å². The van der Waals surface area contributed by atoms with Crippen LogP contribution < -0.4 is 5.73 Å². The standard InChI is InChI=1S/C16H14ClN3/c1-11-5-4-6-12(9-11)20-16(18)10-15(19-20)13-7-2-3-8-14(13)17/h2-10H,18H2,1H3. The highest BCUT2D eigenvalue weighted by molar-refractivity contribution is 6.33. The van der Waals surface area contributed by atoms with Crippen LogP contribution in [-0.4, -0.2) is 9.78 Å². The molecule has 1 heterocycles. The Morgan fingerprint density at radius 2 is 1.85 bits per heavy atom. The number of hydrogen-bond acceptors (Lipinski definition) is 2. The molecule has 0 bridgehead atoms. The molecule has 0 amide bonds. The number of hydrogen-bond donors (Lipinski definition) is 1. The lowest BCUT2D eigenvalue weighted by Crippen LogP contribution is -2.01. The Labute approximate surface area is 122 Å². The van der Waals surface area contributed by atoms with Gasteiger partial charge in [0.1, 0.15) is 5.82 Å². The zero-order chi connectivity index (χ0) is 14.1. The molecule has 2 aromatic carbocycles. The second-order valence-electron chi connectivity index (χ2n) is 4.69. The van der Waals surface area contributed by atoms with Crippen LogP contribution in [0.25, 0.3) is 16.9 Å². The van der Waals surface area contributed by atoms with E-state index in [0.29, 0.717) is 10.8 Å². The fraction of sp³-hybridized carbons (Fsp3) is 0.0625. The number of nitrogens with two attached hydrogens (primary N) is 1. The molecule has 3 rings (SSSR count). The van der Waals surface area contributed by atoms with Crippen molar-refractivity contribution >= 4 is 17.4 Å². The molecule has 100 valence electrons. The molecule has 0 atom stereocenters. The van der Waals surface area contributed by atoms with Gasteiger partial charge in [0.05, 0.1) is 16.4 Å². The Kier molecular flexibility index (Phi) is 3.20. The molecule has 3 aromatic rings. The van der Waals surface area contributed by atoms with Crippen molar-refractivity contribution in [3.8, 4) is 16.9 Å². The van der Waals surface area contributed by atoms with Gasteiger partial charge in [-0.25, -0.2) is 4.68 Å². The van der Waals surface area contributed by atoms with Crippen LogP contribution >= 0.6 is 11.6 Å². The van der Waals surface area contributed by atoms with E-state index in [-0.39, 0.29) is 0 Å².